The van der Waals surface area contributed by atoms with Gasteiger partial charge in [-0.3, -0.25) is 14.4 Å². The minimum atomic E-state index is -0.372. The first-order chi connectivity index (χ1) is 27.5. The summed E-state index contributed by atoms with van der Waals surface area (Å²) in [6, 6.07) is 0. The van der Waals surface area contributed by atoms with E-state index in [1.54, 1.807) is 0 Å². The number of rotatable bonds is 38. The first-order valence-corrected chi connectivity index (χ1v) is 23.3. The standard InChI is InChI=1S/C49H85NO6/c1-3-5-7-9-11-13-15-17-19-21-23-25-27-29-32-37-47(51)54-43-46(45-56-49(53)39-36-42-50-40-34-31-35-41-50)44-55-48(52)38-33-30-28-26-24-22-20-18-16-14-12-10-8-6-4-2/h11-14,17-20,46H,3-10,15-16,21-45H2,1-2H3/b13-11-,14-12-,19-17-,20-18-. The summed E-state index contributed by atoms with van der Waals surface area (Å²) in [5.74, 6) is -1.11. The van der Waals surface area contributed by atoms with E-state index in [9.17, 15) is 14.4 Å². The van der Waals surface area contributed by atoms with Gasteiger partial charge in [0.25, 0.3) is 0 Å². The number of unbranched alkanes of at least 4 members (excludes halogenated alkanes) is 16. The van der Waals surface area contributed by atoms with Crippen LogP contribution in [0.5, 0.6) is 0 Å². The molecule has 0 bridgehead atoms. The highest BCUT2D eigenvalue weighted by Crippen LogP contribution is 2.13. The number of carbonyl (C=O) groups is 3. The van der Waals surface area contributed by atoms with Gasteiger partial charge in [-0.1, -0.05) is 133 Å². The first kappa shape index (κ1) is 51.3. The van der Waals surface area contributed by atoms with Crippen LogP contribution in [0.3, 0.4) is 0 Å². The van der Waals surface area contributed by atoms with Crippen molar-refractivity contribution in [1.82, 2.24) is 4.90 Å². The minimum Gasteiger partial charge on any atom is -0.465 e. The van der Waals surface area contributed by atoms with Crippen LogP contribution in [-0.2, 0) is 28.6 Å². The zero-order chi connectivity index (χ0) is 40.4. The number of likely N-dealkylation sites (tertiary alicyclic amines) is 1. The predicted octanol–water partition coefficient (Wildman–Crippen LogP) is 13.1. The molecule has 7 nitrogen and oxygen atoms in total. The molecule has 0 unspecified atom stereocenters. The van der Waals surface area contributed by atoms with Crippen molar-refractivity contribution in [3.8, 4) is 0 Å². The molecule has 0 aromatic carbocycles. The fourth-order valence-corrected chi connectivity index (χ4v) is 6.78. The number of hydrogen-bond donors (Lipinski definition) is 0. The Labute approximate surface area is 344 Å². The summed E-state index contributed by atoms with van der Waals surface area (Å²) >= 11 is 0. The summed E-state index contributed by atoms with van der Waals surface area (Å²) in [6.07, 6.45) is 48.8. The van der Waals surface area contributed by atoms with E-state index in [1.807, 2.05) is 0 Å². The van der Waals surface area contributed by atoms with Gasteiger partial charge in [-0.2, -0.15) is 0 Å². The molecule has 1 heterocycles. The predicted molar refractivity (Wildman–Crippen MR) is 235 cm³/mol. The Hall–Kier alpha value is -2.67. The monoisotopic (exact) mass is 784 g/mol. The second kappa shape index (κ2) is 40.5. The molecule has 1 fully saturated rings. The van der Waals surface area contributed by atoms with Gasteiger partial charge in [0.15, 0.2) is 0 Å². The summed E-state index contributed by atoms with van der Waals surface area (Å²) in [4.78, 5) is 40.1. The third-order valence-electron chi connectivity index (χ3n) is 10.4. The number of nitrogens with zero attached hydrogens (tertiary/aromatic N) is 1. The van der Waals surface area contributed by atoms with Gasteiger partial charge in [0.1, 0.15) is 19.8 Å². The molecular weight excluding hydrogens is 699 g/mol. The minimum absolute atomic E-state index is 0.0799. The normalized spacial score (nSPS) is 13.9. The Morgan fingerprint density at radius 1 is 0.446 bits per heavy atom. The molecule has 0 amide bonds. The second-order valence-corrected chi connectivity index (χ2v) is 15.9. The maximum Gasteiger partial charge on any atom is 0.305 e. The van der Waals surface area contributed by atoms with Crippen molar-refractivity contribution in [1.29, 1.82) is 0 Å². The van der Waals surface area contributed by atoms with Gasteiger partial charge in [-0.05, 0) is 116 Å². The van der Waals surface area contributed by atoms with Gasteiger partial charge in [0.2, 0.25) is 0 Å². The summed E-state index contributed by atoms with van der Waals surface area (Å²) in [6.45, 7) is 7.85. The molecule has 56 heavy (non-hydrogen) atoms. The fourth-order valence-electron chi connectivity index (χ4n) is 6.78. The molecule has 0 aliphatic carbocycles. The van der Waals surface area contributed by atoms with E-state index in [1.165, 1.54) is 83.5 Å². The van der Waals surface area contributed by atoms with Gasteiger partial charge < -0.3 is 19.1 Å². The van der Waals surface area contributed by atoms with E-state index in [2.05, 4.69) is 67.4 Å². The van der Waals surface area contributed by atoms with E-state index in [-0.39, 0.29) is 43.6 Å². The maximum absolute atomic E-state index is 12.6. The largest absolute Gasteiger partial charge is 0.465 e. The van der Waals surface area contributed by atoms with Crippen LogP contribution in [0.15, 0.2) is 48.6 Å². The summed E-state index contributed by atoms with van der Waals surface area (Å²) < 4.78 is 16.8. The van der Waals surface area contributed by atoms with Crippen LogP contribution in [0, 0.1) is 5.92 Å². The van der Waals surface area contributed by atoms with Crippen LogP contribution >= 0.6 is 0 Å². The molecular formula is C49H85NO6. The lowest BCUT2D eigenvalue weighted by atomic mass is 10.1. The van der Waals surface area contributed by atoms with Crippen LogP contribution < -0.4 is 0 Å². The average Bonchev–Trinajstić information content (AvgIpc) is 3.20. The van der Waals surface area contributed by atoms with Gasteiger partial charge in [-0.25, -0.2) is 0 Å². The van der Waals surface area contributed by atoms with Gasteiger partial charge >= 0.3 is 17.9 Å². The molecule has 0 aromatic heterocycles. The molecule has 0 N–H and O–H groups in total. The highest BCUT2D eigenvalue weighted by molar-refractivity contribution is 5.70. The number of hydrogen-bond acceptors (Lipinski definition) is 7. The van der Waals surface area contributed by atoms with Gasteiger partial charge in [0, 0.05) is 19.3 Å². The van der Waals surface area contributed by atoms with Crippen LogP contribution in [-0.4, -0.2) is 62.3 Å². The Morgan fingerprint density at radius 3 is 1.21 bits per heavy atom. The third kappa shape index (κ3) is 35.7. The van der Waals surface area contributed by atoms with Crippen LogP contribution in [0.1, 0.15) is 200 Å². The zero-order valence-corrected chi connectivity index (χ0v) is 36.3. The van der Waals surface area contributed by atoms with Crippen molar-refractivity contribution >= 4 is 17.9 Å². The van der Waals surface area contributed by atoms with Crippen LogP contribution in [0.4, 0.5) is 0 Å². The fraction of sp³-hybridized carbons (Fsp3) is 0.776. The molecule has 1 aliphatic heterocycles. The Balaban J connectivity index is 2.27. The van der Waals surface area contributed by atoms with Crippen molar-refractivity contribution in [3.05, 3.63) is 48.6 Å². The smallest absolute Gasteiger partial charge is 0.305 e. The Bertz CT molecular complexity index is 981. The molecule has 0 saturated carbocycles. The third-order valence-corrected chi connectivity index (χ3v) is 10.4. The van der Waals surface area contributed by atoms with E-state index in [0.717, 1.165) is 103 Å². The summed E-state index contributed by atoms with van der Waals surface area (Å²) in [5, 5.41) is 0. The van der Waals surface area contributed by atoms with Crippen molar-refractivity contribution < 1.29 is 28.6 Å². The van der Waals surface area contributed by atoms with E-state index < -0.39 is 0 Å². The second-order valence-electron chi connectivity index (χ2n) is 15.9. The van der Waals surface area contributed by atoms with Gasteiger partial charge in [0.05, 0.1) is 5.92 Å². The number of piperidine rings is 1. The molecule has 0 aromatic rings. The lowest BCUT2D eigenvalue weighted by Gasteiger charge is -2.26. The van der Waals surface area contributed by atoms with E-state index in [4.69, 9.17) is 14.2 Å². The Morgan fingerprint density at radius 2 is 0.804 bits per heavy atom. The molecule has 0 atom stereocenters. The number of ether oxygens (including phenoxy) is 3. The molecule has 322 valence electrons. The SMILES string of the molecule is CCCCC/C=C\C/C=C\CCCCCCCC(=O)OCC(COC(=O)CCCCCCC/C=C\C/C=C\CCCCC)COC(=O)CCCN1CCCCC1. The lowest BCUT2D eigenvalue weighted by Crippen LogP contribution is -2.31. The Kier molecular flexibility index (Phi) is 37.2. The quantitative estimate of drug-likeness (QED) is 0.0267. The first-order valence-electron chi connectivity index (χ1n) is 23.3. The van der Waals surface area contributed by atoms with E-state index >= 15 is 0 Å². The average molecular weight is 784 g/mol. The van der Waals surface area contributed by atoms with Crippen molar-refractivity contribution in [2.45, 2.75) is 200 Å². The topological polar surface area (TPSA) is 82.1 Å². The maximum atomic E-state index is 12.6. The van der Waals surface area contributed by atoms with Crippen LogP contribution in [0.2, 0.25) is 0 Å². The number of carbonyl (C=O) groups excluding carboxylic acids is 3. The highest BCUT2D eigenvalue weighted by Gasteiger charge is 2.18. The van der Waals surface area contributed by atoms with Crippen molar-refractivity contribution in [2.75, 3.05) is 39.5 Å². The highest BCUT2D eigenvalue weighted by atomic mass is 16.6. The van der Waals surface area contributed by atoms with Crippen molar-refractivity contribution in [2.24, 2.45) is 5.92 Å². The number of esters is 3. The molecule has 1 saturated heterocycles. The molecule has 0 radical (unpaired) electrons. The van der Waals surface area contributed by atoms with Crippen LogP contribution in [0.25, 0.3) is 0 Å². The van der Waals surface area contributed by atoms with Gasteiger partial charge in [-0.15, -0.1) is 0 Å². The zero-order valence-electron chi connectivity index (χ0n) is 36.3. The molecule has 1 aliphatic rings. The molecule has 0 spiro atoms. The lowest BCUT2D eigenvalue weighted by molar-refractivity contribution is -0.153. The molecule has 1 rings (SSSR count). The van der Waals surface area contributed by atoms with E-state index in [0.29, 0.717) is 19.3 Å². The summed E-state index contributed by atoms with van der Waals surface area (Å²) in [7, 11) is 0. The number of allylic oxidation sites excluding steroid dienone is 8. The summed E-state index contributed by atoms with van der Waals surface area (Å²) in [5.41, 5.74) is 0. The van der Waals surface area contributed by atoms with Crippen molar-refractivity contribution in [3.63, 3.8) is 0 Å². The molecule has 7 heteroatoms.